The van der Waals surface area contributed by atoms with Crippen molar-refractivity contribution >= 4 is 0 Å². The highest BCUT2D eigenvalue weighted by molar-refractivity contribution is 5.23. The average Bonchev–Trinajstić information content (AvgIpc) is 2.47. The Morgan fingerprint density at radius 1 is 1.38 bits per heavy atom. The molecule has 3 heteroatoms. The molecule has 0 radical (unpaired) electrons. The van der Waals surface area contributed by atoms with Crippen molar-refractivity contribution in [3.05, 3.63) is 30.1 Å². The van der Waals surface area contributed by atoms with Gasteiger partial charge in [0.2, 0.25) is 0 Å². The van der Waals surface area contributed by atoms with E-state index in [-0.39, 0.29) is 23.3 Å². The van der Waals surface area contributed by atoms with Gasteiger partial charge in [-0.05, 0) is 42.7 Å². The summed E-state index contributed by atoms with van der Waals surface area (Å²) in [6.45, 7) is 6.77. The van der Waals surface area contributed by atoms with Gasteiger partial charge < -0.3 is 4.74 Å². The molecule has 1 saturated carbocycles. The van der Waals surface area contributed by atoms with Crippen molar-refractivity contribution in [3.63, 3.8) is 0 Å². The molecule has 3 atom stereocenters. The van der Waals surface area contributed by atoms with Crippen LogP contribution in [0.3, 0.4) is 0 Å². The molecule has 1 fully saturated rings. The molecular weight excluding hydrogens is 265 g/mol. The van der Waals surface area contributed by atoms with Crippen LogP contribution < -0.4 is 4.74 Å². The van der Waals surface area contributed by atoms with Crippen LogP contribution in [-0.4, -0.2) is 6.10 Å². The quantitative estimate of drug-likeness (QED) is 0.785. The van der Waals surface area contributed by atoms with Crippen LogP contribution in [0.1, 0.15) is 46.5 Å². The minimum atomic E-state index is -0.303. The Morgan fingerprint density at radius 3 is 2.76 bits per heavy atom. The van der Waals surface area contributed by atoms with Gasteiger partial charge in [-0.3, -0.25) is 0 Å². The molecule has 1 aromatic carbocycles. The van der Waals surface area contributed by atoms with Gasteiger partial charge in [-0.25, -0.2) is 4.39 Å². The molecule has 1 aliphatic carbocycles. The Balaban J connectivity index is 2.12. The molecule has 1 aliphatic rings. The van der Waals surface area contributed by atoms with Crippen molar-refractivity contribution in [2.24, 2.45) is 17.3 Å². The normalized spacial score (nSPS) is 26.1. The largest absolute Gasteiger partial charge is 0.489 e. The summed E-state index contributed by atoms with van der Waals surface area (Å²) in [5.41, 5.74) is 0.254. The number of halogens is 1. The summed E-state index contributed by atoms with van der Waals surface area (Å²) in [4.78, 5) is 0. The van der Waals surface area contributed by atoms with Crippen LogP contribution in [0.4, 0.5) is 4.39 Å². The Bertz CT molecular complexity index is 520. The van der Waals surface area contributed by atoms with E-state index >= 15 is 0 Å². The number of hydrogen-bond acceptors (Lipinski definition) is 2. The minimum absolute atomic E-state index is 0.0998. The van der Waals surface area contributed by atoms with Gasteiger partial charge >= 0.3 is 0 Å². The Labute approximate surface area is 126 Å². The first-order valence-electron chi connectivity index (χ1n) is 7.78. The summed E-state index contributed by atoms with van der Waals surface area (Å²) in [6, 6.07) is 8.55. The van der Waals surface area contributed by atoms with Crippen molar-refractivity contribution in [1.82, 2.24) is 0 Å². The maximum atomic E-state index is 13.3. The zero-order valence-electron chi connectivity index (χ0n) is 13.1. The van der Waals surface area contributed by atoms with Gasteiger partial charge in [0.1, 0.15) is 17.7 Å². The fourth-order valence-corrected chi connectivity index (χ4v) is 3.12. The van der Waals surface area contributed by atoms with E-state index in [1.807, 2.05) is 0 Å². The van der Waals surface area contributed by atoms with Crippen LogP contribution in [0, 0.1) is 34.4 Å². The highest BCUT2D eigenvalue weighted by Crippen LogP contribution is 2.43. The number of benzene rings is 1. The number of hydrogen-bond donors (Lipinski definition) is 0. The van der Waals surface area contributed by atoms with Crippen LogP contribution in [-0.2, 0) is 0 Å². The first kappa shape index (κ1) is 15.8. The average molecular weight is 289 g/mol. The van der Waals surface area contributed by atoms with E-state index in [0.29, 0.717) is 11.7 Å². The maximum Gasteiger partial charge on any atom is 0.126 e. The third-order valence-electron chi connectivity index (χ3n) is 5.06. The van der Waals surface area contributed by atoms with Gasteiger partial charge in [-0.15, -0.1) is 0 Å². The zero-order chi connectivity index (χ0) is 15.5. The van der Waals surface area contributed by atoms with Crippen molar-refractivity contribution < 1.29 is 9.13 Å². The lowest BCUT2D eigenvalue weighted by atomic mass is 9.67. The Morgan fingerprint density at radius 2 is 2.14 bits per heavy atom. The molecule has 1 aromatic rings. The summed E-state index contributed by atoms with van der Waals surface area (Å²) in [5.74, 6) is 0.667. The summed E-state index contributed by atoms with van der Waals surface area (Å²) in [7, 11) is 0. The first-order chi connectivity index (χ1) is 9.96. The Kier molecular flexibility index (Phi) is 4.88. The lowest BCUT2D eigenvalue weighted by molar-refractivity contribution is 0.0408. The van der Waals surface area contributed by atoms with Gasteiger partial charge in [0.05, 0.1) is 12.0 Å². The molecule has 0 spiro atoms. The fourth-order valence-electron chi connectivity index (χ4n) is 3.12. The molecule has 3 unspecified atom stereocenters. The SMILES string of the molecule is CCC(C)(C)C1CCC(C#N)C(Oc2cccc(F)c2)C1. The third kappa shape index (κ3) is 3.75. The predicted molar refractivity (Wildman–Crippen MR) is 81.3 cm³/mol. The number of ether oxygens (including phenoxy) is 1. The van der Waals surface area contributed by atoms with Gasteiger partial charge in [0.25, 0.3) is 0 Å². The first-order valence-corrected chi connectivity index (χ1v) is 7.78. The van der Waals surface area contributed by atoms with Gasteiger partial charge in [-0.1, -0.05) is 33.3 Å². The van der Waals surface area contributed by atoms with Crippen molar-refractivity contribution in [3.8, 4) is 11.8 Å². The molecule has 0 aromatic heterocycles. The molecule has 0 aliphatic heterocycles. The standard InChI is InChI=1S/C18H24FNO/c1-4-18(2,3)14-9-8-13(12-20)17(10-14)21-16-7-5-6-15(19)11-16/h5-7,11,13-14,17H,4,8-10H2,1-3H3. The van der Waals surface area contributed by atoms with Crippen LogP contribution in [0.5, 0.6) is 5.75 Å². The van der Waals surface area contributed by atoms with E-state index < -0.39 is 0 Å². The molecule has 2 nitrogen and oxygen atoms in total. The molecule has 0 bridgehead atoms. The summed E-state index contributed by atoms with van der Waals surface area (Å²) >= 11 is 0. The lowest BCUT2D eigenvalue weighted by Crippen LogP contribution is -2.38. The van der Waals surface area contributed by atoms with Crippen LogP contribution >= 0.6 is 0 Å². The molecular formula is C18H24FNO. The number of nitrogens with zero attached hydrogens (tertiary/aromatic N) is 1. The topological polar surface area (TPSA) is 33.0 Å². The van der Waals surface area contributed by atoms with E-state index in [2.05, 4.69) is 26.8 Å². The van der Waals surface area contributed by atoms with Crippen molar-refractivity contribution in [2.75, 3.05) is 0 Å². The monoisotopic (exact) mass is 289 g/mol. The smallest absolute Gasteiger partial charge is 0.126 e. The third-order valence-corrected chi connectivity index (χ3v) is 5.06. The molecule has 21 heavy (non-hydrogen) atoms. The van der Waals surface area contributed by atoms with E-state index in [1.165, 1.54) is 12.1 Å². The second-order valence-corrected chi connectivity index (χ2v) is 6.70. The van der Waals surface area contributed by atoms with Gasteiger partial charge in [0, 0.05) is 6.07 Å². The van der Waals surface area contributed by atoms with Crippen molar-refractivity contribution in [1.29, 1.82) is 5.26 Å². The fraction of sp³-hybridized carbons (Fsp3) is 0.611. The molecule has 114 valence electrons. The molecule has 2 rings (SSSR count). The van der Waals surface area contributed by atoms with E-state index in [1.54, 1.807) is 12.1 Å². The van der Waals surface area contributed by atoms with Crippen LogP contribution in [0.15, 0.2) is 24.3 Å². The highest BCUT2D eigenvalue weighted by Gasteiger charge is 2.38. The van der Waals surface area contributed by atoms with E-state index in [9.17, 15) is 9.65 Å². The second kappa shape index (κ2) is 6.47. The number of rotatable bonds is 4. The zero-order valence-corrected chi connectivity index (χ0v) is 13.1. The van der Waals surface area contributed by atoms with Gasteiger partial charge in [0.15, 0.2) is 0 Å². The molecule has 0 amide bonds. The van der Waals surface area contributed by atoms with E-state index in [4.69, 9.17) is 4.74 Å². The summed E-state index contributed by atoms with van der Waals surface area (Å²) < 4.78 is 19.2. The lowest BCUT2D eigenvalue weighted by Gasteiger charge is -2.41. The van der Waals surface area contributed by atoms with Gasteiger partial charge in [-0.2, -0.15) is 5.26 Å². The second-order valence-electron chi connectivity index (χ2n) is 6.70. The molecule has 0 N–H and O–H groups in total. The van der Waals surface area contributed by atoms with Crippen LogP contribution in [0.2, 0.25) is 0 Å². The summed E-state index contributed by atoms with van der Waals surface area (Å²) in [5, 5.41) is 9.34. The Hall–Kier alpha value is -1.56. The minimum Gasteiger partial charge on any atom is -0.489 e. The number of nitriles is 1. The van der Waals surface area contributed by atoms with Crippen LogP contribution in [0.25, 0.3) is 0 Å². The maximum absolute atomic E-state index is 13.3. The molecule has 0 heterocycles. The predicted octanol–water partition coefficient (Wildman–Crippen LogP) is 4.95. The summed E-state index contributed by atoms with van der Waals surface area (Å²) in [6.07, 6.45) is 3.78. The highest BCUT2D eigenvalue weighted by atomic mass is 19.1. The van der Waals surface area contributed by atoms with E-state index in [0.717, 1.165) is 25.7 Å². The van der Waals surface area contributed by atoms with Crippen molar-refractivity contribution in [2.45, 2.75) is 52.6 Å². The molecule has 0 saturated heterocycles.